The minimum Gasteiger partial charge on any atom is -0.370 e. The second-order valence-electron chi connectivity index (χ2n) is 3.21. The smallest absolute Gasteiger partial charge is 0.246 e. The first-order valence-electron chi connectivity index (χ1n) is 4.90. The number of carbonyl (C=O) groups is 2. The van der Waals surface area contributed by atoms with E-state index < -0.39 is 0 Å². The topological polar surface area (TPSA) is 67.4 Å². The van der Waals surface area contributed by atoms with E-state index in [0.29, 0.717) is 13.2 Å². The molecule has 0 aromatic rings. The van der Waals surface area contributed by atoms with Crippen molar-refractivity contribution in [1.29, 1.82) is 0 Å². The first-order chi connectivity index (χ1) is 6.79. The van der Waals surface area contributed by atoms with E-state index in [9.17, 15) is 9.59 Å². The fourth-order valence-electron chi connectivity index (χ4n) is 1.21. The van der Waals surface area contributed by atoms with Crippen LogP contribution in [0.4, 0.5) is 0 Å². The fourth-order valence-corrected chi connectivity index (χ4v) is 1.21. The number of carbonyl (C=O) groups excluding carboxylic acids is 2. The van der Waals surface area contributed by atoms with Crippen LogP contribution < -0.4 is 10.6 Å². The summed E-state index contributed by atoms with van der Waals surface area (Å²) >= 11 is 0. The van der Waals surface area contributed by atoms with Crippen molar-refractivity contribution in [1.82, 2.24) is 10.6 Å². The average Bonchev–Trinajstić information content (AvgIpc) is 2.21. The zero-order chi connectivity index (χ0) is 10.2. The Kier molecular flexibility index (Phi) is 4.99. The number of hydrogen-bond donors (Lipinski definition) is 2. The van der Waals surface area contributed by atoms with Crippen LogP contribution in [0.25, 0.3) is 0 Å². The number of amides is 2. The molecule has 0 aliphatic carbocycles. The number of nitrogens with one attached hydrogen (secondary N) is 2. The summed E-state index contributed by atoms with van der Waals surface area (Å²) in [6.45, 7) is 2.45. The van der Waals surface area contributed by atoms with Gasteiger partial charge in [-0.05, 0) is 12.8 Å². The maximum absolute atomic E-state index is 10.4. The summed E-state index contributed by atoms with van der Waals surface area (Å²) in [4.78, 5) is 20.6. The quantitative estimate of drug-likeness (QED) is 0.549. The van der Waals surface area contributed by atoms with Crippen molar-refractivity contribution < 1.29 is 14.3 Å². The standard InChI is InChI=1S/C5H9NO.C4H7NO2/c7-5-3-1-2-4-6-5;6-4-3-7-2-1-5-4/h1-4H2,(H,6,7);1-3H2,(H,5,6). The zero-order valence-corrected chi connectivity index (χ0v) is 8.17. The summed E-state index contributed by atoms with van der Waals surface area (Å²) in [6, 6.07) is 0. The second-order valence-corrected chi connectivity index (χ2v) is 3.21. The van der Waals surface area contributed by atoms with Crippen LogP contribution in [0.15, 0.2) is 0 Å². The predicted octanol–water partition coefficient (Wildman–Crippen LogP) is -0.581. The Hall–Kier alpha value is -1.10. The molecule has 2 amide bonds. The molecule has 2 N–H and O–H groups in total. The van der Waals surface area contributed by atoms with Crippen LogP contribution in [0.2, 0.25) is 0 Å². The first-order valence-corrected chi connectivity index (χ1v) is 4.90. The summed E-state index contributed by atoms with van der Waals surface area (Å²) in [7, 11) is 0. The van der Waals surface area contributed by atoms with E-state index in [1.165, 1.54) is 0 Å². The molecule has 0 spiro atoms. The lowest BCUT2D eigenvalue weighted by Gasteiger charge is -2.10. The minimum atomic E-state index is -0.00810. The van der Waals surface area contributed by atoms with Crippen LogP contribution in [-0.4, -0.2) is 38.1 Å². The van der Waals surface area contributed by atoms with Crippen molar-refractivity contribution >= 4 is 11.8 Å². The second kappa shape index (κ2) is 6.37. The minimum absolute atomic E-state index is 0.00810. The molecule has 5 heteroatoms. The molecule has 80 valence electrons. The first kappa shape index (κ1) is 11.0. The third-order valence-corrected chi connectivity index (χ3v) is 1.95. The van der Waals surface area contributed by atoms with Gasteiger partial charge in [0.2, 0.25) is 11.8 Å². The van der Waals surface area contributed by atoms with E-state index in [1.54, 1.807) is 0 Å². The molecule has 2 aliphatic heterocycles. The van der Waals surface area contributed by atoms with E-state index >= 15 is 0 Å². The van der Waals surface area contributed by atoms with Gasteiger partial charge in [-0.1, -0.05) is 0 Å². The van der Waals surface area contributed by atoms with Gasteiger partial charge in [0.1, 0.15) is 6.61 Å². The van der Waals surface area contributed by atoms with E-state index in [4.69, 9.17) is 4.74 Å². The van der Waals surface area contributed by atoms with Crippen LogP contribution in [0.1, 0.15) is 19.3 Å². The van der Waals surface area contributed by atoms with Crippen LogP contribution in [-0.2, 0) is 14.3 Å². The van der Waals surface area contributed by atoms with Crippen molar-refractivity contribution in [2.24, 2.45) is 0 Å². The number of hydrogen-bond acceptors (Lipinski definition) is 3. The summed E-state index contributed by atoms with van der Waals surface area (Å²) in [5.74, 6) is 0.206. The molecule has 0 atom stereocenters. The predicted molar refractivity (Wildman–Crippen MR) is 50.7 cm³/mol. The van der Waals surface area contributed by atoms with Gasteiger partial charge < -0.3 is 15.4 Å². The lowest BCUT2D eigenvalue weighted by molar-refractivity contribution is -0.129. The van der Waals surface area contributed by atoms with Gasteiger partial charge in [0.25, 0.3) is 0 Å². The summed E-state index contributed by atoms with van der Waals surface area (Å²) in [5.41, 5.74) is 0. The molecule has 0 saturated carbocycles. The molecule has 2 heterocycles. The fraction of sp³-hybridized carbons (Fsp3) is 0.778. The largest absolute Gasteiger partial charge is 0.370 e. The van der Waals surface area contributed by atoms with E-state index in [-0.39, 0.29) is 18.4 Å². The van der Waals surface area contributed by atoms with Crippen molar-refractivity contribution in [2.75, 3.05) is 26.3 Å². The third-order valence-electron chi connectivity index (χ3n) is 1.95. The summed E-state index contributed by atoms with van der Waals surface area (Å²) in [5, 5.41) is 5.36. The molecule has 0 bridgehead atoms. The monoisotopic (exact) mass is 200 g/mol. The SMILES string of the molecule is O=C1CCCCN1.O=C1COCCN1. The molecule has 0 aromatic heterocycles. The highest BCUT2D eigenvalue weighted by Gasteiger charge is 2.04. The Balaban J connectivity index is 0.000000140. The number of piperidine rings is 1. The van der Waals surface area contributed by atoms with Crippen LogP contribution in [0.3, 0.4) is 0 Å². The molecule has 14 heavy (non-hydrogen) atoms. The Morgan fingerprint density at radius 2 is 1.79 bits per heavy atom. The van der Waals surface area contributed by atoms with Gasteiger partial charge >= 0.3 is 0 Å². The highest BCUT2D eigenvalue weighted by atomic mass is 16.5. The van der Waals surface area contributed by atoms with E-state index in [0.717, 1.165) is 25.8 Å². The summed E-state index contributed by atoms with van der Waals surface area (Å²) < 4.78 is 4.77. The number of ether oxygens (including phenoxy) is 1. The van der Waals surface area contributed by atoms with Gasteiger partial charge in [-0.15, -0.1) is 0 Å². The molecule has 0 radical (unpaired) electrons. The third kappa shape index (κ3) is 4.81. The lowest BCUT2D eigenvalue weighted by atomic mass is 10.2. The average molecular weight is 200 g/mol. The molecule has 2 saturated heterocycles. The molecule has 0 unspecified atom stereocenters. The maximum Gasteiger partial charge on any atom is 0.246 e. The zero-order valence-electron chi connectivity index (χ0n) is 8.17. The van der Waals surface area contributed by atoms with Gasteiger partial charge in [-0.25, -0.2) is 0 Å². The van der Waals surface area contributed by atoms with Gasteiger partial charge in [-0.2, -0.15) is 0 Å². The number of rotatable bonds is 0. The van der Waals surface area contributed by atoms with Gasteiger partial charge in [0.15, 0.2) is 0 Å². The van der Waals surface area contributed by atoms with Gasteiger partial charge in [0, 0.05) is 19.5 Å². The summed E-state index contributed by atoms with van der Waals surface area (Å²) in [6.07, 6.45) is 2.97. The number of morpholine rings is 1. The van der Waals surface area contributed by atoms with Crippen molar-refractivity contribution in [3.8, 4) is 0 Å². The molecule has 5 nitrogen and oxygen atoms in total. The molecule has 2 fully saturated rings. The lowest BCUT2D eigenvalue weighted by Crippen LogP contribution is -2.36. The van der Waals surface area contributed by atoms with Crippen molar-refractivity contribution in [2.45, 2.75) is 19.3 Å². The Morgan fingerprint density at radius 1 is 1.00 bits per heavy atom. The Labute approximate surface area is 83.2 Å². The van der Waals surface area contributed by atoms with Gasteiger partial charge in [-0.3, -0.25) is 9.59 Å². The normalized spacial score (nSPS) is 21.4. The molecular weight excluding hydrogens is 184 g/mol. The molecule has 0 aromatic carbocycles. The van der Waals surface area contributed by atoms with Crippen molar-refractivity contribution in [3.05, 3.63) is 0 Å². The molecule has 2 rings (SSSR count). The van der Waals surface area contributed by atoms with E-state index in [1.807, 2.05) is 0 Å². The highest BCUT2D eigenvalue weighted by Crippen LogP contribution is 1.98. The van der Waals surface area contributed by atoms with Crippen LogP contribution >= 0.6 is 0 Å². The van der Waals surface area contributed by atoms with Gasteiger partial charge in [0.05, 0.1) is 6.61 Å². The van der Waals surface area contributed by atoms with Crippen molar-refractivity contribution in [3.63, 3.8) is 0 Å². The highest BCUT2D eigenvalue weighted by molar-refractivity contribution is 5.77. The molecule has 2 aliphatic rings. The molecular formula is C9H16N2O3. The maximum atomic E-state index is 10.4. The van der Waals surface area contributed by atoms with Crippen LogP contribution in [0.5, 0.6) is 0 Å². The Bertz CT molecular complexity index is 168. The van der Waals surface area contributed by atoms with E-state index in [2.05, 4.69) is 10.6 Å². The van der Waals surface area contributed by atoms with Crippen LogP contribution in [0, 0.1) is 0 Å². The Morgan fingerprint density at radius 3 is 2.07 bits per heavy atom.